The van der Waals surface area contributed by atoms with Crippen LogP contribution in [0.1, 0.15) is 30.1 Å². The third kappa shape index (κ3) is 2.89. The van der Waals surface area contributed by atoms with Crippen LogP contribution in [-0.4, -0.2) is 18.6 Å². The van der Waals surface area contributed by atoms with Crippen LogP contribution in [0.5, 0.6) is 5.75 Å². The lowest BCUT2D eigenvalue weighted by atomic mass is 9.99. The standard InChI is InChI=1S/C14H13Cl2N5O.ClH/c1-6-11-7-3-10(22-2)12(15)13(16)14(7)18-4-8(11)9(20-6)5-19-21-17;/h3-4,6,9,20H,5H2,1-2H3;1H/t6-,9?;/m0./s1. The van der Waals surface area contributed by atoms with Crippen molar-refractivity contribution < 1.29 is 4.74 Å². The van der Waals surface area contributed by atoms with E-state index in [9.17, 15) is 0 Å². The summed E-state index contributed by atoms with van der Waals surface area (Å²) in [4.78, 5) is 7.25. The van der Waals surface area contributed by atoms with Crippen molar-refractivity contribution >= 4 is 46.5 Å². The molecule has 3 rings (SSSR count). The molecule has 1 aliphatic heterocycles. The van der Waals surface area contributed by atoms with Gasteiger partial charge in [0.25, 0.3) is 0 Å². The largest absolute Gasteiger partial charge is 0.495 e. The van der Waals surface area contributed by atoms with Crippen LogP contribution in [0.2, 0.25) is 10.0 Å². The van der Waals surface area contributed by atoms with E-state index in [0.717, 1.165) is 16.5 Å². The van der Waals surface area contributed by atoms with E-state index in [2.05, 4.69) is 20.3 Å². The molecule has 0 saturated carbocycles. The lowest BCUT2D eigenvalue weighted by Gasteiger charge is -2.13. The SMILES string of the molecule is COc1cc2c3c(cnc2c(Cl)c1Cl)C(CN=[N+]=[N-])N[C@H]3C.Cl. The maximum Gasteiger partial charge on any atom is 0.139 e. The topological polar surface area (TPSA) is 82.9 Å². The third-order valence-electron chi connectivity index (χ3n) is 3.89. The first-order valence-corrected chi connectivity index (χ1v) is 7.45. The fourth-order valence-electron chi connectivity index (χ4n) is 2.94. The van der Waals surface area contributed by atoms with Gasteiger partial charge in [0, 0.05) is 35.1 Å². The number of benzene rings is 1. The van der Waals surface area contributed by atoms with E-state index in [1.54, 1.807) is 13.3 Å². The number of rotatable bonds is 3. The van der Waals surface area contributed by atoms with Crippen molar-refractivity contribution in [3.8, 4) is 5.75 Å². The van der Waals surface area contributed by atoms with Gasteiger partial charge in [0.1, 0.15) is 10.8 Å². The summed E-state index contributed by atoms with van der Waals surface area (Å²) in [6.45, 7) is 2.38. The molecule has 1 aromatic heterocycles. The molecule has 0 spiro atoms. The Bertz CT molecular complexity index is 807. The molecule has 1 unspecified atom stereocenters. The number of methoxy groups -OCH3 is 1. The van der Waals surface area contributed by atoms with Crippen LogP contribution in [-0.2, 0) is 0 Å². The van der Waals surface area contributed by atoms with E-state index in [0.29, 0.717) is 27.9 Å². The highest BCUT2D eigenvalue weighted by molar-refractivity contribution is 6.46. The predicted molar refractivity (Wildman–Crippen MR) is 93.9 cm³/mol. The maximum absolute atomic E-state index is 8.51. The van der Waals surface area contributed by atoms with E-state index in [1.165, 1.54) is 0 Å². The summed E-state index contributed by atoms with van der Waals surface area (Å²) in [6.07, 6.45) is 1.76. The first kappa shape index (κ1) is 17.9. The summed E-state index contributed by atoms with van der Waals surface area (Å²) in [6, 6.07) is 1.88. The van der Waals surface area contributed by atoms with Crippen LogP contribution < -0.4 is 10.1 Å². The highest BCUT2D eigenvalue weighted by Crippen LogP contribution is 2.43. The predicted octanol–water partition coefficient (Wildman–Crippen LogP) is 4.99. The Hall–Kier alpha value is -1.43. The summed E-state index contributed by atoms with van der Waals surface area (Å²) in [5, 5.41) is 8.68. The molecule has 0 aliphatic carbocycles. The van der Waals surface area contributed by atoms with Gasteiger partial charge in [-0.3, -0.25) is 4.98 Å². The molecule has 2 heterocycles. The van der Waals surface area contributed by atoms with Crippen molar-refractivity contribution in [2.24, 2.45) is 5.11 Å². The van der Waals surface area contributed by atoms with E-state index in [4.69, 9.17) is 33.5 Å². The van der Waals surface area contributed by atoms with Gasteiger partial charge in [-0.05, 0) is 29.6 Å². The van der Waals surface area contributed by atoms with Crippen LogP contribution >= 0.6 is 35.6 Å². The van der Waals surface area contributed by atoms with E-state index < -0.39 is 0 Å². The number of ether oxygens (including phenoxy) is 1. The number of hydrogen-bond acceptors (Lipinski definition) is 4. The zero-order valence-corrected chi connectivity index (χ0v) is 14.7. The minimum Gasteiger partial charge on any atom is -0.495 e. The van der Waals surface area contributed by atoms with Crippen LogP contribution in [0.25, 0.3) is 21.3 Å². The number of nitrogens with one attached hydrogen (secondary N) is 1. The summed E-state index contributed by atoms with van der Waals surface area (Å²) in [5.74, 6) is 0.514. The van der Waals surface area contributed by atoms with Crippen molar-refractivity contribution in [1.29, 1.82) is 0 Å². The minimum absolute atomic E-state index is 0. The molecule has 6 nitrogen and oxygen atoms in total. The fourth-order valence-corrected chi connectivity index (χ4v) is 3.40. The first-order valence-electron chi connectivity index (χ1n) is 6.69. The molecule has 0 amide bonds. The van der Waals surface area contributed by atoms with Gasteiger partial charge in [-0.1, -0.05) is 28.3 Å². The van der Waals surface area contributed by atoms with Crippen LogP contribution in [0.3, 0.4) is 0 Å². The molecule has 122 valence electrons. The van der Waals surface area contributed by atoms with E-state index in [1.807, 2.05) is 13.0 Å². The van der Waals surface area contributed by atoms with Crippen molar-refractivity contribution in [2.45, 2.75) is 19.0 Å². The van der Waals surface area contributed by atoms with Gasteiger partial charge in [0.15, 0.2) is 0 Å². The molecule has 0 radical (unpaired) electrons. The molecule has 1 aliphatic rings. The van der Waals surface area contributed by atoms with Gasteiger partial charge in [0.2, 0.25) is 0 Å². The van der Waals surface area contributed by atoms with Crippen molar-refractivity contribution in [3.05, 3.63) is 43.9 Å². The molecule has 0 saturated heterocycles. The first-order chi connectivity index (χ1) is 10.6. The van der Waals surface area contributed by atoms with E-state index in [-0.39, 0.29) is 24.5 Å². The quantitative estimate of drug-likeness (QED) is 0.467. The average molecular weight is 375 g/mol. The summed E-state index contributed by atoms with van der Waals surface area (Å²) in [5.41, 5.74) is 11.2. The van der Waals surface area contributed by atoms with Crippen molar-refractivity contribution in [2.75, 3.05) is 13.7 Å². The van der Waals surface area contributed by atoms with Crippen molar-refractivity contribution in [1.82, 2.24) is 10.3 Å². The van der Waals surface area contributed by atoms with Crippen LogP contribution in [0.15, 0.2) is 17.4 Å². The summed E-state index contributed by atoms with van der Waals surface area (Å²) in [7, 11) is 1.55. The molecule has 1 aromatic carbocycles. The molecule has 0 bridgehead atoms. The number of aromatic nitrogens is 1. The molecule has 23 heavy (non-hydrogen) atoms. The van der Waals surface area contributed by atoms with Crippen LogP contribution in [0, 0.1) is 0 Å². The minimum atomic E-state index is -0.0572. The van der Waals surface area contributed by atoms with Gasteiger partial charge < -0.3 is 10.1 Å². The second-order valence-corrected chi connectivity index (χ2v) is 5.84. The Morgan fingerprint density at radius 2 is 2.17 bits per heavy atom. The number of nitrogens with zero attached hydrogens (tertiary/aromatic N) is 4. The lowest BCUT2D eigenvalue weighted by Crippen LogP contribution is -2.17. The summed E-state index contributed by atoms with van der Waals surface area (Å²) >= 11 is 12.5. The number of azide groups is 1. The summed E-state index contributed by atoms with van der Waals surface area (Å²) < 4.78 is 5.29. The Balaban J connectivity index is 0.00000192. The second kappa shape index (κ2) is 6.99. The highest BCUT2D eigenvalue weighted by Gasteiger charge is 2.30. The smallest absolute Gasteiger partial charge is 0.139 e. The van der Waals surface area contributed by atoms with Gasteiger partial charge >= 0.3 is 0 Å². The number of halogens is 3. The third-order valence-corrected chi connectivity index (χ3v) is 4.73. The normalized spacial score (nSPS) is 19.0. The fraction of sp³-hybridized carbons (Fsp3) is 0.357. The molecule has 0 fully saturated rings. The average Bonchev–Trinajstić information content (AvgIpc) is 2.85. The van der Waals surface area contributed by atoms with Gasteiger partial charge in [-0.2, -0.15) is 0 Å². The second-order valence-electron chi connectivity index (χ2n) is 5.08. The zero-order chi connectivity index (χ0) is 15.9. The number of hydrogen-bond donors (Lipinski definition) is 1. The Morgan fingerprint density at radius 1 is 1.43 bits per heavy atom. The maximum atomic E-state index is 8.51. The molecule has 2 aromatic rings. The monoisotopic (exact) mass is 373 g/mol. The van der Waals surface area contributed by atoms with Crippen molar-refractivity contribution in [3.63, 3.8) is 0 Å². The Labute approximate surface area is 149 Å². The lowest BCUT2D eigenvalue weighted by molar-refractivity contribution is 0.415. The molecule has 9 heteroatoms. The molecular weight excluding hydrogens is 361 g/mol. The Morgan fingerprint density at radius 3 is 2.83 bits per heavy atom. The van der Waals surface area contributed by atoms with E-state index >= 15 is 0 Å². The molecular formula is C14H14Cl3N5O. The number of pyridine rings is 1. The van der Waals surface area contributed by atoms with Gasteiger partial charge in [0.05, 0.1) is 17.6 Å². The number of fused-ring (bicyclic) bond motifs is 3. The highest BCUT2D eigenvalue weighted by atomic mass is 35.5. The Kier molecular flexibility index (Phi) is 5.45. The van der Waals surface area contributed by atoms with Gasteiger partial charge in [-0.25, -0.2) is 0 Å². The zero-order valence-electron chi connectivity index (χ0n) is 12.4. The van der Waals surface area contributed by atoms with Crippen LogP contribution in [0.4, 0.5) is 0 Å². The van der Waals surface area contributed by atoms with Gasteiger partial charge in [-0.15, -0.1) is 12.4 Å². The molecule has 2 atom stereocenters. The molecule has 1 N–H and O–H groups in total.